The topological polar surface area (TPSA) is 170 Å². The molecule has 0 radical (unpaired) electrons. The lowest BCUT2D eigenvalue weighted by atomic mass is 9.99. The van der Waals surface area contributed by atoms with Crippen LogP contribution in [0.3, 0.4) is 0 Å². The van der Waals surface area contributed by atoms with Gasteiger partial charge in [0, 0.05) is 11.1 Å². The maximum absolute atomic E-state index is 13.1. The van der Waals surface area contributed by atoms with Gasteiger partial charge < -0.3 is 26.4 Å². The van der Waals surface area contributed by atoms with Gasteiger partial charge in [0.1, 0.15) is 28.4 Å². The number of ether oxygens (including phenoxy) is 1. The Kier molecular flexibility index (Phi) is 11.3. The van der Waals surface area contributed by atoms with Crippen LogP contribution in [0.25, 0.3) is 0 Å². The molecule has 2 rings (SSSR count). The first kappa shape index (κ1) is 30.5. The van der Waals surface area contributed by atoms with Gasteiger partial charge in [-0.1, -0.05) is 31.7 Å². The van der Waals surface area contributed by atoms with Crippen LogP contribution in [0.2, 0.25) is 0 Å². The number of carbonyl (C=O) groups excluding carboxylic acids is 5. The van der Waals surface area contributed by atoms with Crippen LogP contribution in [0.1, 0.15) is 63.0 Å². The highest BCUT2D eigenvalue weighted by molar-refractivity contribution is 8.13. The summed E-state index contributed by atoms with van der Waals surface area (Å²) in [6.45, 7) is 8.26. The average Bonchev–Trinajstić information content (AvgIpc) is 3.28. The molecule has 1 aromatic rings. The van der Waals surface area contributed by atoms with E-state index < -0.39 is 41.5 Å². The van der Waals surface area contributed by atoms with Crippen molar-refractivity contribution in [3.8, 4) is 0 Å². The lowest BCUT2D eigenvalue weighted by Crippen LogP contribution is -2.59. The molecule has 2 heterocycles. The van der Waals surface area contributed by atoms with Gasteiger partial charge in [0.05, 0.1) is 19.0 Å². The van der Waals surface area contributed by atoms with Crippen molar-refractivity contribution in [3.63, 3.8) is 0 Å². The quantitative estimate of drug-likeness (QED) is 0.230. The SMILES string of the molecule is CC(C)[C@@H]1NC(=O)C(C)(C)NC(=O)c2csc(n2)CNC(=O)C[C@@H](/C=C/CCSC(=O)[C@H](C)N)OC1=O. The summed E-state index contributed by atoms with van der Waals surface area (Å²) in [5.41, 5.74) is 4.35. The van der Waals surface area contributed by atoms with Crippen molar-refractivity contribution in [1.82, 2.24) is 20.9 Å². The van der Waals surface area contributed by atoms with E-state index in [0.717, 1.165) is 11.8 Å². The highest BCUT2D eigenvalue weighted by atomic mass is 32.2. The summed E-state index contributed by atoms with van der Waals surface area (Å²) in [7, 11) is 0. The lowest BCUT2D eigenvalue weighted by molar-refractivity contribution is -0.153. The highest BCUT2D eigenvalue weighted by Crippen LogP contribution is 2.15. The van der Waals surface area contributed by atoms with Crippen molar-refractivity contribution >= 4 is 51.9 Å². The fourth-order valence-corrected chi connectivity index (χ4v) is 4.56. The predicted molar refractivity (Wildman–Crippen MR) is 142 cm³/mol. The van der Waals surface area contributed by atoms with Crippen LogP contribution in [0.15, 0.2) is 17.5 Å². The van der Waals surface area contributed by atoms with Crippen molar-refractivity contribution in [2.45, 2.75) is 77.7 Å². The normalized spacial score (nSPS) is 22.2. The summed E-state index contributed by atoms with van der Waals surface area (Å²) >= 11 is 2.31. The molecule has 3 amide bonds. The van der Waals surface area contributed by atoms with E-state index in [1.165, 1.54) is 25.2 Å². The molecular weight excluding hydrogens is 518 g/mol. The number of nitrogens with zero attached hydrogens (tertiary/aromatic N) is 1. The van der Waals surface area contributed by atoms with Crippen LogP contribution in [-0.4, -0.2) is 63.3 Å². The first-order chi connectivity index (χ1) is 17.3. The van der Waals surface area contributed by atoms with E-state index in [0.29, 0.717) is 17.2 Å². The van der Waals surface area contributed by atoms with Gasteiger partial charge in [-0.3, -0.25) is 19.2 Å². The fraction of sp³-hybridized carbons (Fsp3) is 0.583. The Hall–Kier alpha value is -2.77. The summed E-state index contributed by atoms with van der Waals surface area (Å²) in [6.07, 6.45) is 2.78. The molecule has 1 aromatic heterocycles. The molecule has 204 valence electrons. The number of nitrogens with two attached hydrogens (primary N) is 1. The van der Waals surface area contributed by atoms with Gasteiger partial charge in [-0.2, -0.15) is 0 Å². The predicted octanol–water partition coefficient (Wildman–Crippen LogP) is 1.28. The molecule has 1 aliphatic rings. The number of esters is 1. The monoisotopic (exact) mass is 553 g/mol. The largest absolute Gasteiger partial charge is 0.456 e. The first-order valence-corrected chi connectivity index (χ1v) is 13.8. The third kappa shape index (κ3) is 9.56. The number of carbonyl (C=O) groups is 5. The number of fused-ring (bicyclic) bond motifs is 2. The third-order valence-corrected chi connectivity index (χ3v) is 7.27. The van der Waals surface area contributed by atoms with E-state index in [2.05, 4.69) is 20.9 Å². The molecule has 11 nitrogen and oxygen atoms in total. The Balaban J connectivity index is 2.25. The zero-order valence-corrected chi connectivity index (χ0v) is 23.3. The summed E-state index contributed by atoms with van der Waals surface area (Å²) in [5, 5.41) is 9.96. The molecule has 37 heavy (non-hydrogen) atoms. The van der Waals surface area contributed by atoms with E-state index in [1.54, 1.807) is 38.3 Å². The van der Waals surface area contributed by atoms with Crippen LogP contribution < -0.4 is 21.7 Å². The number of rotatable bonds is 6. The number of hydrogen-bond acceptors (Lipinski definition) is 10. The van der Waals surface area contributed by atoms with E-state index in [9.17, 15) is 24.0 Å². The molecule has 3 atom stereocenters. The van der Waals surface area contributed by atoms with E-state index in [1.807, 2.05) is 0 Å². The second-order valence-electron chi connectivity index (χ2n) is 9.53. The van der Waals surface area contributed by atoms with Gasteiger partial charge in [0.25, 0.3) is 5.91 Å². The van der Waals surface area contributed by atoms with Crippen molar-refractivity contribution in [2.24, 2.45) is 11.7 Å². The van der Waals surface area contributed by atoms with Crippen molar-refractivity contribution in [3.05, 3.63) is 28.2 Å². The Labute approximate surface area is 224 Å². The summed E-state index contributed by atoms with van der Waals surface area (Å²) in [4.78, 5) is 67.2. The van der Waals surface area contributed by atoms with Gasteiger partial charge >= 0.3 is 5.97 Å². The maximum Gasteiger partial charge on any atom is 0.329 e. The van der Waals surface area contributed by atoms with Crippen LogP contribution in [-0.2, 0) is 30.5 Å². The molecule has 0 aromatic carbocycles. The van der Waals surface area contributed by atoms with E-state index in [-0.39, 0.29) is 35.6 Å². The summed E-state index contributed by atoms with van der Waals surface area (Å²) in [6, 6.07) is -1.57. The minimum absolute atomic E-state index is 0.0929. The molecule has 1 aliphatic heterocycles. The van der Waals surface area contributed by atoms with Crippen LogP contribution >= 0.6 is 23.1 Å². The molecule has 0 aliphatic carbocycles. The standard InChI is InChI=1S/C24H35N5O6S2/c1-13(2)19-21(32)35-15(8-6-7-9-36-22(33)14(3)25)10-17(30)26-11-18-27-16(12-37-18)20(31)29-24(4,5)23(34)28-19/h6,8,12-15,19H,7,9-11,25H2,1-5H3,(H,26,30)(H,28,34)(H,29,31)/b8-6+/t14-,15+,19-/m0/s1. The summed E-state index contributed by atoms with van der Waals surface area (Å²) < 4.78 is 5.63. The van der Waals surface area contributed by atoms with E-state index >= 15 is 0 Å². The Morgan fingerprint density at radius 2 is 2.00 bits per heavy atom. The van der Waals surface area contributed by atoms with Crippen LogP contribution in [0.4, 0.5) is 0 Å². The Morgan fingerprint density at radius 3 is 2.65 bits per heavy atom. The number of aromatic nitrogens is 1. The van der Waals surface area contributed by atoms with Gasteiger partial charge in [0.2, 0.25) is 16.9 Å². The van der Waals surface area contributed by atoms with Crippen LogP contribution in [0, 0.1) is 5.92 Å². The molecule has 2 bridgehead atoms. The van der Waals surface area contributed by atoms with Gasteiger partial charge in [-0.15, -0.1) is 11.3 Å². The molecule has 0 saturated carbocycles. The minimum atomic E-state index is -1.34. The van der Waals surface area contributed by atoms with Gasteiger partial charge in [-0.25, -0.2) is 9.78 Å². The third-order valence-electron chi connectivity index (χ3n) is 5.33. The minimum Gasteiger partial charge on any atom is -0.456 e. The second-order valence-corrected chi connectivity index (χ2v) is 11.6. The maximum atomic E-state index is 13.1. The Bertz CT molecular complexity index is 1040. The molecule has 13 heteroatoms. The molecule has 0 saturated heterocycles. The first-order valence-electron chi connectivity index (χ1n) is 11.9. The molecule has 0 unspecified atom stereocenters. The van der Waals surface area contributed by atoms with Gasteiger partial charge in [-0.05, 0) is 39.2 Å². The number of thioether (sulfide) groups is 1. The van der Waals surface area contributed by atoms with Crippen LogP contribution in [0.5, 0.6) is 0 Å². The van der Waals surface area contributed by atoms with E-state index in [4.69, 9.17) is 10.5 Å². The fourth-order valence-electron chi connectivity index (χ4n) is 3.13. The highest BCUT2D eigenvalue weighted by Gasteiger charge is 2.36. The number of hydrogen-bond donors (Lipinski definition) is 4. The molecule has 0 fully saturated rings. The van der Waals surface area contributed by atoms with Gasteiger partial charge in [0.15, 0.2) is 0 Å². The number of cyclic esters (lactones) is 1. The lowest BCUT2D eigenvalue weighted by Gasteiger charge is -2.29. The number of allylic oxidation sites excluding steroid dienone is 1. The second kappa shape index (κ2) is 13.7. The zero-order valence-electron chi connectivity index (χ0n) is 21.7. The van der Waals surface area contributed by atoms with Crippen molar-refractivity contribution in [1.29, 1.82) is 0 Å². The number of thiazole rings is 1. The smallest absolute Gasteiger partial charge is 0.329 e. The Morgan fingerprint density at radius 1 is 1.30 bits per heavy atom. The van der Waals surface area contributed by atoms with Crippen molar-refractivity contribution < 1.29 is 28.7 Å². The summed E-state index contributed by atoms with van der Waals surface area (Å²) in [5.74, 6) is -2.05. The molecular formula is C24H35N5O6S2. The molecule has 5 N–H and O–H groups in total. The number of amides is 3. The zero-order chi connectivity index (χ0) is 27.8. The van der Waals surface area contributed by atoms with Crippen molar-refractivity contribution in [2.75, 3.05) is 5.75 Å². The number of nitrogens with one attached hydrogen (secondary N) is 3. The molecule has 0 spiro atoms. The average molecular weight is 554 g/mol.